The van der Waals surface area contributed by atoms with Gasteiger partial charge in [0.25, 0.3) is 5.91 Å². The first-order chi connectivity index (χ1) is 17.7. The first-order valence-electron chi connectivity index (χ1n) is 11.2. The van der Waals surface area contributed by atoms with Gasteiger partial charge in [0.1, 0.15) is 17.5 Å². The molecule has 1 atom stereocenters. The van der Waals surface area contributed by atoms with Gasteiger partial charge in [0.05, 0.1) is 19.8 Å². The summed E-state index contributed by atoms with van der Waals surface area (Å²) in [5.74, 6) is -0.654. The van der Waals surface area contributed by atoms with Crippen LogP contribution >= 0.6 is 0 Å². The van der Waals surface area contributed by atoms with E-state index in [1.54, 1.807) is 24.3 Å². The van der Waals surface area contributed by atoms with Crippen molar-refractivity contribution in [2.24, 2.45) is 16.5 Å². The number of carbonyl (C=O) groups is 3. The standard InChI is InChI=1S/C25H28N4O8/c1-34-18-7-3-5-14(23(18)35-2)11-20-22(31)16-9-8-15(12-19(16)37-20)36-13-21(30)29-17(24(32)33)6-4-10-28-25(26)27/h3,5,7-9,11-12,17H,4,6,10,13H2,1-2H3,(H,29,30)(H,32,33)(H4,26,27,28). The van der Waals surface area contributed by atoms with Crippen molar-refractivity contribution in [3.8, 4) is 23.0 Å². The number of hydrogen-bond acceptors (Lipinski definition) is 8. The Morgan fingerprint density at radius 2 is 1.97 bits per heavy atom. The minimum Gasteiger partial charge on any atom is -0.493 e. The number of methoxy groups -OCH3 is 2. The zero-order valence-electron chi connectivity index (χ0n) is 20.4. The lowest BCUT2D eigenvalue weighted by molar-refractivity contribution is -0.142. The van der Waals surface area contributed by atoms with Gasteiger partial charge in [0, 0.05) is 18.2 Å². The Morgan fingerprint density at radius 3 is 2.65 bits per heavy atom. The van der Waals surface area contributed by atoms with Gasteiger partial charge in [-0.05, 0) is 37.1 Å². The number of para-hydroxylation sites is 1. The fourth-order valence-electron chi connectivity index (χ4n) is 3.57. The molecule has 0 fully saturated rings. The molecule has 0 saturated carbocycles. The third-order valence-corrected chi connectivity index (χ3v) is 5.31. The molecule has 12 nitrogen and oxygen atoms in total. The van der Waals surface area contributed by atoms with Gasteiger partial charge in [-0.1, -0.05) is 12.1 Å². The Bertz CT molecular complexity index is 1240. The maximum atomic E-state index is 12.8. The molecule has 0 saturated heterocycles. The number of aliphatic carboxylic acids is 1. The molecule has 0 aliphatic carbocycles. The highest BCUT2D eigenvalue weighted by molar-refractivity contribution is 6.14. The first kappa shape index (κ1) is 26.9. The molecule has 3 rings (SSSR count). The molecule has 196 valence electrons. The smallest absolute Gasteiger partial charge is 0.326 e. The summed E-state index contributed by atoms with van der Waals surface area (Å²) in [5, 5.41) is 11.7. The lowest BCUT2D eigenvalue weighted by Gasteiger charge is -2.14. The van der Waals surface area contributed by atoms with Gasteiger partial charge in [0.2, 0.25) is 5.78 Å². The minimum absolute atomic E-state index is 0.0847. The molecule has 6 N–H and O–H groups in total. The van der Waals surface area contributed by atoms with Gasteiger partial charge in [-0.25, -0.2) is 4.79 Å². The number of nitrogens with two attached hydrogens (primary N) is 2. The second-order valence-corrected chi connectivity index (χ2v) is 7.88. The van der Waals surface area contributed by atoms with Crippen LogP contribution in [0.5, 0.6) is 23.0 Å². The number of benzene rings is 2. The highest BCUT2D eigenvalue weighted by Gasteiger charge is 2.28. The number of rotatable bonds is 12. The Balaban J connectivity index is 1.62. The van der Waals surface area contributed by atoms with Crippen molar-refractivity contribution in [3.05, 3.63) is 53.3 Å². The van der Waals surface area contributed by atoms with E-state index in [-0.39, 0.29) is 42.0 Å². The Kier molecular flexibility index (Phi) is 8.92. The average molecular weight is 513 g/mol. The van der Waals surface area contributed by atoms with Gasteiger partial charge in [0.15, 0.2) is 29.8 Å². The van der Waals surface area contributed by atoms with Crippen LogP contribution in [-0.4, -0.2) is 62.1 Å². The van der Waals surface area contributed by atoms with Gasteiger partial charge in [-0.2, -0.15) is 0 Å². The van der Waals surface area contributed by atoms with Crippen molar-refractivity contribution in [2.75, 3.05) is 27.4 Å². The molecule has 37 heavy (non-hydrogen) atoms. The molecule has 0 aromatic heterocycles. The summed E-state index contributed by atoms with van der Waals surface area (Å²) in [6, 6.07) is 8.66. The number of allylic oxidation sites excluding steroid dienone is 1. The van der Waals surface area contributed by atoms with E-state index in [0.717, 1.165) is 0 Å². The van der Waals surface area contributed by atoms with E-state index in [1.165, 1.54) is 32.4 Å². The summed E-state index contributed by atoms with van der Waals surface area (Å²) < 4.78 is 21.9. The summed E-state index contributed by atoms with van der Waals surface area (Å²) in [5.41, 5.74) is 11.4. The number of guanidine groups is 1. The first-order valence-corrected chi connectivity index (χ1v) is 11.2. The Labute approximate surface area is 212 Å². The lowest BCUT2D eigenvalue weighted by Crippen LogP contribution is -2.43. The van der Waals surface area contributed by atoms with Crippen molar-refractivity contribution in [1.82, 2.24) is 5.32 Å². The van der Waals surface area contributed by atoms with Crippen molar-refractivity contribution in [3.63, 3.8) is 0 Å². The zero-order chi connectivity index (χ0) is 26.9. The van der Waals surface area contributed by atoms with E-state index in [2.05, 4.69) is 10.3 Å². The van der Waals surface area contributed by atoms with Crippen LogP contribution in [0.25, 0.3) is 6.08 Å². The van der Waals surface area contributed by atoms with Crippen LogP contribution in [0.1, 0.15) is 28.8 Å². The largest absolute Gasteiger partial charge is 0.493 e. The Morgan fingerprint density at radius 1 is 1.19 bits per heavy atom. The molecule has 0 radical (unpaired) electrons. The molecule has 2 aromatic carbocycles. The number of carboxylic acid groups (broad SMARTS) is 1. The second-order valence-electron chi connectivity index (χ2n) is 7.88. The maximum Gasteiger partial charge on any atom is 0.326 e. The van der Waals surface area contributed by atoms with Crippen LogP contribution in [0.3, 0.4) is 0 Å². The van der Waals surface area contributed by atoms with Crippen LogP contribution in [0.15, 0.2) is 47.1 Å². The van der Waals surface area contributed by atoms with Crippen molar-refractivity contribution < 1.29 is 38.4 Å². The number of fused-ring (bicyclic) bond motifs is 1. The molecule has 12 heteroatoms. The Hall–Kier alpha value is -4.74. The number of ether oxygens (including phenoxy) is 4. The fourth-order valence-corrected chi connectivity index (χ4v) is 3.57. The quantitative estimate of drug-likeness (QED) is 0.140. The van der Waals surface area contributed by atoms with E-state index in [9.17, 15) is 19.5 Å². The number of aliphatic imine (C=N–C) groups is 1. The van der Waals surface area contributed by atoms with E-state index in [4.69, 9.17) is 30.4 Å². The van der Waals surface area contributed by atoms with Gasteiger partial charge in [-0.15, -0.1) is 0 Å². The van der Waals surface area contributed by atoms with E-state index in [1.807, 2.05) is 0 Å². The average Bonchev–Trinajstić information content (AvgIpc) is 3.18. The normalized spacial score (nSPS) is 13.8. The summed E-state index contributed by atoms with van der Waals surface area (Å²) in [7, 11) is 3.01. The van der Waals surface area contributed by atoms with Crippen LogP contribution in [0, 0.1) is 0 Å². The monoisotopic (exact) mass is 512 g/mol. The van der Waals surface area contributed by atoms with E-state index < -0.39 is 24.5 Å². The topological polar surface area (TPSA) is 185 Å². The third-order valence-electron chi connectivity index (χ3n) is 5.31. The number of carbonyl (C=O) groups excluding carboxylic acids is 2. The van der Waals surface area contributed by atoms with Crippen molar-refractivity contribution >= 4 is 29.7 Å². The highest BCUT2D eigenvalue weighted by Crippen LogP contribution is 2.37. The molecule has 1 unspecified atom stereocenters. The summed E-state index contributed by atoms with van der Waals surface area (Å²) in [4.78, 5) is 40.3. The van der Waals surface area contributed by atoms with Gasteiger partial charge in [-0.3, -0.25) is 14.6 Å². The number of ketones is 1. The number of Topliss-reactive ketones (excluding diaryl/α,β-unsaturated/α-hetero) is 1. The van der Waals surface area contributed by atoms with Gasteiger partial charge >= 0.3 is 5.97 Å². The summed E-state index contributed by atoms with van der Waals surface area (Å²) >= 11 is 0. The molecule has 1 amide bonds. The van der Waals surface area contributed by atoms with Crippen molar-refractivity contribution in [2.45, 2.75) is 18.9 Å². The molecule has 0 bridgehead atoms. The molecular weight excluding hydrogens is 484 g/mol. The second kappa shape index (κ2) is 12.3. The van der Waals surface area contributed by atoms with Gasteiger partial charge < -0.3 is 40.8 Å². The van der Waals surface area contributed by atoms with Crippen LogP contribution in [0.2, 0.25) is 0 Å². The fraction of sp³-hybridized carbons (Fsp3) is 0.280. The minimum atomic E-state index is -1.19. The molecule has 1 heterocycles. The predicted molar refractivity (Wildman–Crippen MR) is 134 cm³/mol. The van der Waals surface area contributed by atoms with E-state index in [0.29, 0.717) is 29.0 Å². The van der Waals surface area contributed by atoms with Crippen LogP contribution in [0.4, 0.5) is 0 Å². The zero-order valence-corrected chi connectivity index (χ0v) is 20.4. The molecule has 1 aliphatic rings. The van der Waals surface area contributed by atoms with Crippen molar-refractivity contribution in [1.29, 1.82) is 0 Å². The highest BCUT2D eigenvalue weighted by atomic mass is 16.5. The number of nitrogens with one attached hydrogen (secondary N) is 1. The predicted octanol–water partition coefficient (Wildman–Crippen LogP) is 1.32. The van der Waals surface area contributed by atoms with Crippen LogP contribution < -0.4 is 35.7 Å². The molecular formula is C25H28N4O8. The molecule has 2 aromatic rings. The number of nitrogens with zero attached hydrogens (tertiary/aromatic N) is 1. The lowest BCUT2D eigenvalue weighted by atomic mass is 10.1. The van der Waals surface area contributed by atoms with E-state index >= 15 is 0 Å². The number of amides is 1. The number of hydrogen-bond donors (Lipinski definition) is 4. The molecule has 0 spiro atoms. The SMILES string of the molecule is COc1cccc(C=C2Oc3cc(OCC(=O)NC(CCCN=C(N)N)C(=O)O)ccc3C2=O)c1OC. The summed E-state index contributed by atoms with van der Waals surface area (Å²) in [6.07, 6.45) is 2.06. The molecule has 1 aliphatic heterocycles. The van der Waals surface area contributed by atoms with Crippen LogP contribution in [-0.2, 0) is 9.59 Å². The third kappa shape index (κ3) is 6.90. The maximum absolute atomic E-state index is 12.8. The number of carboxylic acids is 1. The summed E-state index contributed by atoms with van der Waals surface area (Å²) in [6.45, 7) is -0.193.